The lowest BCUT2D eigenvalue weighted by Gasteiger charge is -2.36. The summed E-state index contributed by atoms with van der Waals surface area (Å²) in [6.07, 6.45) is 0.0984. The van der Waals surface area contributed by atoms with Gasteiger partial charge in [-0.25, -0.2) is 0 Å². The van der Waals surface area contributed by atoms with Gasteiger partial charge in [-0.05, 0) is 89.8 Å². The summed E-state index contributed by atoms with van der Waals surface area (Å²) in [5.74, 6) is -1.76. The molecule has 0 spiro atoms. The van der Waals surface area contributed by atoms with Crippen LogP contribution < -0.4 is 30.2 Å². The van der Waals surface area contributed by atoms with E-state index in [1.165, 1.54) is 70.8 Å². The van der Waals surface area contributed by atoms with Crippen LogP contribution in [0.2, 0.25) is 0 Å². The second-order valence-corrected chi connectivity index (χ2v) is 15.3. The van der Waals surface area contributed by atoms with Crippen molar-refractivity contribution in [3.63, 3.8) is 0 Å². The summed E-state index contributed by atoms with van der Waals surface area (Å²) in [6.45, 7) is 4.45. The molecule has 3 aromatic carbocycles. The van der Waals surface area contributed by atoms with Gasteiger partial charge in [0, 0.05) is 40.4 Å². The average molecular weight is 850 g/mol. The normalized spacial score (nSPS) is 24.1. The van der Waals surface area contributed by atoms with Gasteiger partial charge in [-0.15, -0.1) is 0 Å². The third kappa shape index (κ3) is 9.67. The molecule has 15 nitrogen and oxygen atoms in total. The first kappa shape index (κ1) is 42.5. The molecule has 0 saturated carbocycles. The molecule has 3 aliphatic rings. The SMILES string of the molecule is COc1ccc(CC2C(=O)NC(C)C(=O)N(C)C3Cc4ccc(cc4)Oc4cc(cc(Br)c4OC)CC(C(=O)NC(C)C(=O)NC(C)C(=O)N2C)N(C)C3=O)cc1. The van der Waals surface area contributed by atoms with Gasteiger partial charge in [0.05, 0.1) is 18.7 Å². The molecule has 6 unspecified atom stereocenters. The molecule has 3 aliphatic heterocycles. The van der Waals surface area contributed by atoms with Crippen molar-refractivity contribution in [3.8, 4) is 23.0 Å². The van der Waals surface area contributed by atoms with Gasteiger partial charge in [-0.2, -0.15) is 0 Å². The summed E-state index contributed by atoms with van der Waals surface area (Å²) in [4.78, 5) is 88.4. The first-order valence-electron chi connectivity index (χ1n) is 18.5. The summed E-state index contributed by atoms with van der Waals surface area (Å²) in [5.41, 5.74) is 1.99. The van der Waals surface area contributed by atoms with Crippen LogP contribution in [0.1, 0.15) is 37.5 Å². The van der Waals surface area contributed by atoms with Gasteiger partial charge in [-0.3, -0.25) is 28.8 Å². The number of carbonyl (C=O) groups is 6. The minimum atomic E-state index is -1.18. The Balaban J connectivity index is 1.59. The minimum absolute atomic E-state index is 0.0228. The van der Waals surface area contributed by atoms with E-state index in [0.29, 0.717) is 44.2 Å². The highest BCUT2D eigenvalue weighted by Crippen LogP contribution is 2.40. The number of methoxy groups -OCH3 is 2. The Bertz CT molecular complexity index is 2010. The van der Waals surface area contributed by atoms with Gasteiger partial charge in [0.15, 0.2) is 11.5 Å². The third-order valence-corrected chi connectivity index (χ3v) is 11.0. The number of nitrogens with one attached hydrogen (secondary N) is 3. The number of carbonyl (C=O) groups excluding carboxylic acids is 6. The van der Waals surface area contributed by atoms with Crippen molar-refractivity contribution in [2.75, 3.05) is 35.4 Å². The maximum absolute atomic E-state index is 14.7. The van der Waals surface area contributed by atoms with Crippen molar-refractivity contribution in [1.82, 2.24) is 30.7 Å². The molecule has 304 valence electrons. The lowest BCUT2D eigenvalue weighted by atomic mass is 9.98. The first-order chi connectivity index (χ1) is 27.0. The van der Waals surface area contributed by atoms with Crippen LogP contribution >= 0.6 is 15.9 Å². The van der Waals surface area contributed by atoms with Gasteiger partial charge >= 0.3 is 0 Å². The van der Waals surface area contributed by atoms with Crippen LogP contribution in [0.4, 0.5) is 0 Å². The quantitative estimate of drug-likeness (QED) is 0.357. The van der Waals surface area contributed by atoms with E-state index in [2.05, 4.69) is 31.9 Å². The van der Waals surface area contributed by atoms with Gasteiger partial charge in [0.25, 0.3) is 0 Å². The molecule has 0 aromatic heterocycles. The van der Waals surface area contributed by atoms with E-state index < -0.39 is 71.7 Å². The molecular weight excluding hydrogens is 800 g/mol. The summed E-state index contributed by atoms with van der Waals surface area (Å²) >= 11 is 3.54. The summed E-state index contributed by atoms with van der Waals surface area (Å²) in [7, 11) is 7.43. The second-order valence-electron chi connectivity index (χ2n) is 14.4. The highest BCUT2D eigenvalue weighted by molar-refractivity contribution is 9.10. The smallest absolute Gasteiger partial charge is 0.246 e. The van der Waals surface area contributed by atoms with E-state index in [1.54, 1.807) is 60.7 Å². The molecule has 6 bridgehead atoms. The van der Waals surface area contributed by atoms with Crippen LogP contribution in [0.5, 0.6) is 23.0 Å². The zero-order valence-corrected chi connectivity index (χ0v) is 34.8. The van der Waals surface area contributed by atoms with Crippen LogP contribution in [0.25, 0.3) is 0 Å². The van der Waals surface area contributed by atoms with Crippen molar-refractivity contribution in [2.45, 2.75) is 76.3 Å². The largest absolute Gasteiger partial charge is 0.497 e. The summed E-state index contributed by atoms with van der Waals surface area (Å²) < 4.78 is 17.6. The van der Waals surface area contributed by atoms with Gasteiger partial charge in [-0.1, -0.05) is 24.3 Å². The molecule has 1 fully saturated rings. The number of ether oxygens (including phenoxy) is 3. The molecule has 6 amide bonds. The van der Waals surface area contributed by atoms with Crippen LogP contribution in [-0.4, -0.2) is 122 Å². The number of fused-ring (bicyclic) bond motifs is 2. The molecule has 0 radical (unpaired) electrons. The molecule has 3 heterocycles. The number of halogens is 1. The molecular formula is C41H49BrN6O9. The fraction of sp³-hybridized carbons (Fsp3) is 0.415. The lowest BCUT2D eigenvalue weighted by molar-refractivity contribution is -0.149. The van der Waals surface area contributed by atoms with Crippen molar-refractivity contribution >= 4 is 51.4 Å². The Hall–Kier alpha value is -5.64. The van der Waals surface area contributed by atoms with E-state index >= 15 is 0 Å². The van der Waals surface area contributed by atoms with Crippen molar-refractivity contribution in [2.24, 2.45) is 0 Å². The monoisotopic (exact) mass is 848 g/mol. The van der Waals surface area contributed by atoms with Gasteiger partial charge in [0.2, 0.25) is 35.4 Å². The Morgan fingerprint density at radius 3 is 1.82 bits per heavy atom. The zero-order chi connectivity index (χ0) is 41.7. The number of likely N-dealkylation sites (N-methyl/N-ethyl adjacent to an activating group) is 3. The minimum Gasteiger partial charge on any atom is -0.497 e. The Morgan fingerprint density at radius 1 is 0.649 bits per heavy atom. The summed E-state index contributed by atoms with van der Waals surface area (Å²) in [6, 6.07) is 10.7. The molecule has 3 N–H and O–H groups in total. The van der Waals surface area contributed by atoms with Crippen LogP contribution in [-0.2, 0) is 48.0 Å². The van der Waals surface area contributed by atoms with E-state index in [1.807, 2.05) is 0 Å². The molecule has 16 heteroatoms. The van der Waals surface area contributed by atoms with E-state index in [0.717, 1.165) is 0 Å². The number of amides is 6. The predicted molar refractivity (Wildman–Crippen MR) is 214 cm³/mol. The fourth-order valence-corrected chi connectivity index (χ4v) is 7.57. The van der Waals surface area contributed by atoms with Gasteiger partial charge < -0.3 is 44.9 Å². The maximum Gasteiger partial charge on any atom is 0.246 e. The number of nitrogens with zero attached hydrogens (tertiary/aromatic N) is 3. The Kier molecular flexibility index (Phi) is 13.5. The predicted octanol–water partition coefficient (Wildman–Crippen LogP) is 2.61. The summed E-state index contributed by atoms with van der Waals surface area (Å²) in [5, 5.41) is 8.15. The van der Waals surface area contributed by atoms with E-state index in [-0.39, 0.29) is 19.3 Å². The lowest BCUT2D eigenvalue weighted by Crippen LogP contribution is -2.61. The topological polar surface area (TPSA) is 176 Å². The first-order valence-corrected chi connectivity index (χ1v) is 19.3. The van der Waals surface area contributed by atoms with E-state index in [4.69, 9.17) is 14.2 Å². The standard InChI is InChI=1S/C41H49BrN6O9/c1-22-36(49)44-23(2)39(52)46(4)31(18-25-9-13-28(55-7)14-10-25)38(51)45-24(3)40(53)48(6)33-19-26-11-15-29(16-12-26)57-34-21-27(17-30(42)35(34)56-8)20-32(37(50)43-22)47(5)41(33)54/h9-17,21-24,31-33H,18-20H2,1-8H3,(H,43,50)(H,44,49)(H,45,51). The molecule has 57 heavy (non-hydrogen) atoms. The highest BCUT2D eigenvalue weighted by Gasteiger charge is 2.39. The average Bonchev–Trinajstić information content (AvgIpc) is 3.19. The van der Waals surface area contributed by atoms with Crippen LogP contribution in [0, 0.1) is 0 Å². The van der Waals surface area contributed by atoms with Crippen LogP contribution in [0.3, 0.4) is 0 Å². The maximum atomic E-state index is 14.7. The molecule has 1 saturated heterocycles. The second kappa shape index (κ2) is 18.1. The van der Waals surface area contributed by atoms with Crippen molar-refractivity contribution < 1.29 is 43.0 Å². The number of hydrogen-bond acceptors (Lipinski definition) is 9. The number of hydrogen-bond donors (Lipinski definition) is 3. The Labute approximate surface area is 340 Å². The molecule has 3 aromatic rings. The Morgan fingerprint density at radius 2 is 1.21 bits per heavy atom. The van der Waals surface area contributed by atoms with Crippen LogP contribution in [0.15, 0.2) is 65.1 Å². The van der Waals surface area contributed by atoms with Gasteiger partial charge in [0.1, 0.15) is 47.8 Å². The molecule has 6 atom stereocenters. The van der Waals surface area contributed by atoms with Crippen molar-refractivity contribution in [3.05, 3.63) is 81.8 Å². The molecule has 6 rings (SSSR count). The van der Waals surface area contributed by atoms with E-state index in [9.17, 15) is 28.8 Å². The zero-order valence-electron chi connectivity index (χ0n) is 33.3. The van der Waals surface area contributed by atoms with Crippen molar-refractivity contribution in [1.29, 1.82) is 0 Å². The number of benzene rings is 3. The molecule has 0 aliphatic carbocycles. The third-order valence-electron chi connectivity index (χ3n) is 10.4. The fourth-order valence-electron chi connectivity index (χ4n) is 6.92. The number of rotatable bonds is 4. The highest BCUT2D eigenvalue weighted by atomic mass is 79.9.